The molecule has 0 radical (unpaired) electrons. The number of aromatic nitrogens is 3. The Morgan fingerprint density at radius 1 is 1.04 bits per heavy atom. The van der Waals surface area contributed by atoms with E-state index in [1.165, 1.54) is 18.2 Å². The van der Waals surface area contributed by atoms with Gasteiger partial charge in [0.15, 0.2) is 5.52 Å². The molecule has 2 rings (SSSR count). The predicted molar refractivity (Wildman–Crippen MR) is 66.0 cm³/mol. The van der Waals surface area contributed by atoms with E-state index in [1.54, 1.807) is 6.07 Å². The van der Waals surface area contributed by atoms with E-state index in [2.05, 4.69) is 10.3 Å². The van der Waals surface area contributed by atoms with Crippen LogP contribution in [-0.4, -0.2) is 57.7 Å². The fourth-order valence-electron chi connectivity index (χ4n) is 1.68. The molecule has 0 N–H and O–H groups in total. The van der Waals surface area contributed by atoms with Crippen LogP contribution in [0.4, 0.5) is 30.9 Å². The molecule has 2 aromatic rings. The summed E-state index contributed by atoms with van der Waals surface area (Å²) in [5.74, 6) is 0. The summed E-state index contributed by atoms with van der Waals surface area (Å²) in [6, 6.07) is 4.42. The molecule has 0 spiro atoms. The second kappa shape index (κ2) is 5.59. The largest absolute Gasteiger partial charge is 0.569 e. The van der Waals surface area contributed by atoms with E-state index in [-0.39, 0.29) is 11.0 Å². The quantitative estimate of drug-likeness (QED) is 0.455. The molecule has 0 fully saturated rings. The summed E-state index contributed by atoms with van der Waals surface area (Å²) in [5.41, 5.74) is 0.354. The Morgan fingerprint density at radius 2 is 1.61 bits per heavy atom. The normalized spacial score (nSPS) is 13.5. The lowest BCUT2D eigenvalue weighted by molar-refractivity contribution is -0.365. The zero-order valence-corrected chi connectivity index (χ0v) is 11.7. The van der Waals surface area contributed by atoms with Gasteiger partial charge in [0.1, 0.15) is 10.4 Å². The summed E-state index contributed by atoms with van der Waals surface area (Å²) < 4.78 is 81.5. The van der Waals surface area contributed by atoms with Gasteiger partial charge in [-0.15, -0.1) is 31.4 Å². The third kappa shape index (κ3) is 3.46. The minimum Gasteiger partial charge on any atom is -0.278 e. The number of amides is 2. The SMILES string of the molecule is CN(C)C(=[O+]n1nnc2ccccc21)N(C(F)(F)F)C(F)(F)F. The summed E-state index contributed by atoms with van der Waals surface area (Å²) in [5, 5.41) is 6.99. The number of hydrogen-bond donors (Lipinski definition) is 0. The van der Waals surface area contributed by atoms with Crippen LogP contribution in [0.1, 0.15) is 0 Å². The molecule has 1 heterocycles. The van der Waals surface area contributed by atoms with Crippen molar-refractivity contribution >= 4 is 17.1 Å². The summed E-state index contributed by atoms with van der Waals surface area (Å²) in [4.78, 5) is -0.747. The van der Waals surface area contributed by atoms with Crippen molar-refractivity contribution in [2.75, 3.05) is 14.1 Å². The van der Waals surface area contributed by atoms with Crippen LogP contribution in [-0.2, 0) is 0 Å². The molecule has 0 saturated heterocycles. The van der Waals surface area contributed by atoms with Gasteiger partial charge in [0, 0.05) is 19.3 Å². The van der Waals surface area contributed by atoms with Gasteiger partial charge in [-0.1, -0.05) is 17.0 Å². The van der Waals surface area contributed by atoms with Crippen molar-refractivity contribution in [1.29, 1.82) is 0 Å². The van der Waals surface area contributed by atoms with Gasteiger partial charge in [-0.05, 0) is 16.7 Å². The molecular weight excluding hydrogens is 332 g/mol. The molecule has 0 aliphatic carbocycles. The van der Waals surface area contributed by atoms with Crippen molar-refractivity contribution in [2.45, 2.75) is 12.6 Å². The smallest absolute Gasteiger partial charge is 0.278 e. The number of nitrogens with zero attached hydrogens (tertiary/aromatic N) is 5. The van der Waals surface area contributed by atoms with E-state index in [0.29, 0.717) is 9.75 Å². The van der Waals surface area contributed by atoms with E-state index in [9.17, 15) is 26.3 Å². The first-order chi connectivity index (χ1) is 10.5. The maximum atomic E-state index is 12.8. The van der Waals surface area contributed by atoms with Gasteiger partial charge in [0.25, 0.3) is 0 Å². The number of rotatable bonds is 1. The number of halogens is 6. The van der Waals surface area contributed by atoms with Crippen LogP contribution < -0.4 is 0 Å². The number of hydrogen-bond acceptors (Lipinski definition) is 2. The van der Waals surface area contributed by atoms with Gasteiger partial charge in [0.05, 0.1) is 0 Å². The molecule has 0 aliphatic heterocycles. The fraction of sp³-hybridized carbons (Fsp3) is 0.364. The zero-order valence-electron chi connectivity index (χ0n) is 11.7. The van der Waals surface area contributed by atoms with Crippen LogP contribution in [0.5, 0.6) is 0 Å². The Hall–Kier alpha value is -2.53. The van der Waals surface area contributed by atoms with E-state index >= 15 is 0 Å². The highest BCUT2D eigenvalue weighted by Crippen LogP contribution is 2.34. The molecule has 0 atom stereocenters. The zero-order chi connectivity index (χ0) is 17.4. The lowest BCUT2D eigenvalue weighted by atomic mass is 10.3. The number of fused-ring (bicyclic) bond motifs is 1. The fourth-order valence-corrected chi connectivity index (χ4v) is 1.68. The summed E-state index contributed by atoms with van der Waals surface area (Å²) in [7, 11) is 1.94. The Kier molecular flexibility index (Phi) is 4.09. The average molecular weight is 342 g/mol. The van der Waals surface area contributed by atoms with Crippen LogP contribution in [0.2, 0.25) is 0 Å². The molecule has 12 heteroatoms. The van der Waals surface area contributed by atoms with E-state index in [4.69, 9.17) is 4.53 Å². The van der Waals surface area contributed by atoms with Crippen LogP contribution in [0.15, 0.2) is 24.3 Å². The first-order valence-electron chi connectivity index (χ1n) is 5.98. The molecule has 0 bridgehead atoms. The Bertz CT molecular complexity index is 706. The molecule has 2 amide bonds. The molecule has 23 heavy (non-hydrogen) atoms. The van der Waals surface area contributed by atoms with Crippen LogP contribution in [0, 0.1) is 0 Å². The Balaban J connectivity index is 2.61. The van der Waals surface area contributed by atoms with Gasteiger partial charge >= 0.3 is 18.6 Å². The summed E-state index contributed by atoms with van der Waals surface area (Å²) in [6.45, 7) is 0. The molecule has 1 aromatic heterocycles. The summed E-state index contributed by atoms with van der Waals surface area (Å²) >= 11 is 0. The lowest BCUT2D eigenvalue weighted by Gasteiger charge is -2.24. The van der Waals surface area contributed by atoms with Gasteiger partial charge in [-0.25, -0.2) is 0 Å². The van der Waals surface area contributed by atoms with Gasteiger partial charge in [-0.2, -0.15) is 0 Å². The average Bonchev–Trinajstić information content (AvgIpc) is 2.78. The van der Waals surface area contributed by atoms with Crippen LogP contribution >= 0.6 is 0 Å². The standard InChI is InChI=1S/C11H10F6N5O/c1-20(2)9(21(10(12,13)14)11(15,16)17)23-22-8-6-4-3-5-7(8)18-19-22/h3-6H,1-2H3/q+1. The molecule has 0 unspecified atom stereocenters. The highest BCUT2D eigenvalue weighted by molar-refractivity contribution is 5.76. The number of alkyl halides is 6. The highest BCUT2D eigenvalue weighted by atomic mass is 19.4. The third-order valence-corrected chi connectivity index (χ3v) is 2.57. The van der Waals surface area contributed by atoms with E-state index < -0.39 is 23.5 Å². The van der Waals surface area contributed by atoms with Crippen molar-refractivity contribution < 1.29 is 30.9 Å². The molecule has 126 valence electrons. The molecule has 1 aromatic carbocycles. The van der Waals surface area contributed by atoms with Gasteiger partial charge < -0.3 is 0 Å². The topological polar surface area (TPSA) is 48.5 Å². The summed E-state index contributed by atoms with van der Waals surface area (Å²) in [6.07, 6.45) is -11.5. The second-order valence-electron chi connectivity index (χ2n) is 4.49. The third-order valence-electron chi connectivity index (χ3n) is 2.57. The van der Waals surface area contributed by atoms with Crippen molar-refractivity contribution in [3.63, 3.8) is 0 Å². The molecule has 0 saturated carbocycles. The lowest BCUT2D eigenvalue weighted by Crippen LogP contribution is -2.55. The number of carbonyl (C=O) groups excluding carboxylic acids is 1. The van der Waals surface area contributed by atoms with Gasteiger partial charge in [0.2, 0.25) is 0 Å². The van der Waals surface area contributed by atoms with Crippen LogP contribution in [0.3, 0.4) is 0 Å². The number of benzene rings is 1. The first-order valence-corrected chi connectivity index (χ1v) is 5.98. The molecular formula is C11H10F6N5O+. The van der Waals surface area contributed by atoms with Crippen molar-refractivity contribution in [2.24, 2.45) is 0 Å². The molecule has 0 aliphatic rings. The van der Waals surface area contributed by atoms with E-state index in [0.717, 1.165) is 14.1 Å². The van der Waals surface area contributed by atoms with E-state index in [1.807, 2.05) is 0 Å². The molecule has 6 nitrogen and oxygen atoms in total. The monoisotopic (exact) mass is 342 g/mol. The van der Waals surface area contributed by atoms with Gasteiger partial charge in [-0.3, -0.25) is 4.90 Å². The maximum Gasteiger partial charge on any atom is 0.569 e. The minimum atomic E-state index is -5.74. The first kappa shape index (κ1) is 16.8. The second-order valence-corrected chi connectivity index (χ2v) is 4.49. The van der Waals surface area contributed by atoms with Crippen molar-refractivity contribution in [3.8, 4) is 0 Å². The highest BCUT2D eigenvalue weighted by Gasteiger charge is 2.62. The predicted octanol–water partition coefficient (Wildman–Crippen LogP) is 2.75. The number of para-hydroxylation sites is 1. The number of urea groups is 1. The van der Waals surface area contributed by atoms with Crippen molar-refractivity contribution in [3.05, 3.63) is 24.3 Å². The minimum absolute atomic E-state index is 0.108. The Morgan fingerprint density at radius 3 is 2.13 bits per heavy atom. The Labute approximate surface area is 125 Å². The maximum absolute atomic E-state index is 12.8. The van der Waals surface area contributed by atoms with Crippen molar-refractivity contribution in [1.82, 2.24) is 25.0 Å². The van der Waals surface area contributed by atoms with Crippen LogP contribution in [0.25, 0.3) is 11.0 Å².